The average Bonchev–Trinajstić information content (AvgIpc) is 2.55. The molecule has 0 unspecified atom stereocenters. The van der Waals surface area contributed by atoms with Crippen LogP contribution >= 0.6 is 0 Å². The molecule has 0 radical (unpaired) electrons. The summed E-state index contributed by atoms with van der Waals surface area (Å²) in [5.74, 6) is -0.709. The molecule has 1 amide bonds. The van der Waals surface area contributed by atoms with E-state index in [2.05, 4.69) is 10.3 Å². The molecule has 110 valence electrons. The Morgan fingerprint density at radius 1 is 1.09 bits per heavy atom. The van der Waals surface area contributed by atoms with E-state index in [-0.39, 0.29) is 11.7 Å². The van der Waals surface area contributed by atoms with Crippen LogP contribution in [-0.4, -0.2) is 10.9 Å². The van der Waals surface area contributed by atoms with E-state index in [1.54, 1.807) is 18.5 Å². The van der Waals surface area contributed by atoms with E-state index in [1.165, 1.54) is 24.3 Å². The lowest BCUT2D eigenvalue weighted by Crippen LogP contribution is -2.27. The molecule has 0 saturated heterocycles. The normalized spacial score (nSPS) is 12.1. The summed E-state index contributed by atoms with van der Waals surface area (Å²) in [5, 5.41) is 4.73. The van der Waals surface area contributed by atoms with Crippen molar-refractivity contribution < 1.29 is 9.18 Å². The van der Waals surface area contributed by atoms with E-state index in [0.29, 0.717) is 11.3 Å². The number of halogens is 1. The first kappa shape index (κ1) is 14.2. The van der Waals surface area contributed by atoms with Gasteiger partial charge in [0.15, 0.2) is 0 Å². The molecule has 3 rings (SSSR count). The predicted molar refractivity (Wildman–Crippen MR) is 83.7 cm³/mol. The number of fused-ring (bicyclic) bond motifs is 1. The maximum absolute atomic E-state index is 12.9. The van der Waals surface area contributed by atoms with Gasteiger partial charge in [0.2, 0.25) is 5.91 Å². The second kappa shape index (κ2) is 5.91. The van der Waals surface area contributed by atoms with Crippen molar-refractivity contribution in [3.8, 4) is 0 Å². The van der Waals surface area contributed by atoms with Crippen molar-refractivity contribution in [3.63, 3.8) is 0 Å². The fraction of sp³-hybridized carbons (Fsp3) is 0.0588. The molecule has 5 heteroatoms. The molecule has 1 heterocycles. The number of hydrogen-bond donors (Lipinski definition) is 2. The Balaban J connectivity index is 1.78. The van der Waals surface area contributed by atoms with E-state index in [9.17, 15) is 9.18 Å². The summed E-state index contributed by atoms with van der Waals surface area (Å²) in [6, 6.07) is 12.1. The zero-order valence-electron chi connectivity index (χ0n) is 11.7. The molecule has 4 nitrogen and oxygen atoms in total. The van der Waals surface area contributed by atoms with Gasteiger partial charge in [-0.15, -0.1) is 0 Å². The third-order valence-corrected chi connectivity index (χ3v) is 3.42. The van der Waals surface area contributed by atoms with E-state index >= 15 is 0 Å². The summed E-state index contributed by atoms with van der Waals surface area (Å²) in [7, 11) is 0. The molecular formula is C17H14FN3O. The quantitative estimate of drug-likeness (QED) is 0.780. The highest BCUT2D eigenvalue weighted by molar-refractivity contribution is 5.97. The van der Waals surface area contributed by atoms with Crippen LogP contribution in [0.15, 0.2) is 60.9 Å². The second-order valence-electron chi connectivity index (χ2n) is 4.96. The minimum absolute atomic E-state index is 0.347. The fourth-order valence-electron chi connectivity index (χ4n) is 2.20. The molecule has 0 spiro atoms. The van der Waals surface area contributed by atoms with Crippen LogP contribution in [0.4, 0.5) is 10.1 Å². The molecule has 0 aliphatic rings. The Bertz CT molecular complexity index is 818. The van der Waals surface area contributed by atoms with E-state index < -0.39 is 6.04 Å². The van der Waals surface area contributed by atoms with Gasteiger partial charge in [0.05, 0.1) is 0 Å². The molecule has 0 aliphatic carbocycles. The van der Waals surface area contributed by atoms with Crippen molar-refractivity contribution in [2.24, 2.45) is 5.73 Å². The van der Waals surface area contributed by atoms with Crippen molar-refractivity contribution in [2.45, 2.75) is 6.04 Å². The molecule has 0 fully saturated rings. The standard InChI is InChI=1S/C17H14FN3O/c18-14-4-1-11(2-5-14)16(19)17(22)21-15-6-3-13-10-20-8-7-12(13)9-15/h1-10,16H,19H2,(H,21,22)/t16-/m1/s1. The van der Waals surface area contributed by atoms with Gasteiger partial charge in [0, 0.05) is 23.5 Å². The van der Waals surface area contributed by atoms with E-state index in [4.69, 9.17) is 5.73 Å². The lowest BCUT2D eigenvalue weighted by molar-refractivity contribution is -0.117. The smallest absolute Gasteiger partial charge is 0.245 e. The van der Waals surface area contributed by atoms with Gasteiger partial charge < -0.3 is 11.1 Å². The first-order valence-corrected chi connectivity index (χ1v) is 6.79. The third-order valence-electron chi connectivity index (χ3n) is 3.42. The molecule has 3 N–H and O–H groups in total. The summed E-state index contributed by atoms with van der Waals surface area (Å²) < 4.78 is 12.9. The first-order valence-electron chi connectivity index (χ1n) is 6.79. The number of aromatic nitrogens is 1. The number of benzene rings is 2. The molecule has 0 saturated carbocycles. The van der Waals surface area contributed by atoms with Gasteiger partial charge in [-0.25, -0.2) is 4.39 Å². The number of hydrogen-bond acceptors (Lipinski definition) is 3. The van der Waals surface area contributed by atoms with Crippen molar-refractivity contribution in [2.75, 3.05) is 5.32 Å². The monoisotopic (exact) mass is 295 g/mol. The highest BCUT2D eigenvalue weighted by atomic mass is 19.1. The topological polar surface area (TPSA) is 68.0 Å². The van der Waals surface area contributed by atoms with Crippen molar-refractivity contribution >= 4 is 22.4 Å². The molecule has 1 atom stereocenters. The fourth-order valence-corrected chi connectivity index (χ4v) is 2.20. The molecule has 2 aromatic carbocycles. The SMILES string of the molecule is N[C@@H](C(=O)Nc1ccc2cnccc2c1)c1ccc(F)cc1. The number of nitrogens with two attached hydrogens (primary N) is 1. The molecule has 1 aromatic heterocycles. The largest absolute Gasteiger partial charge is 0.324 e. The van der Waals surface area contributed by atoms with Crippen molar-refractivity contribution in [1.29, 1.82) is 0 Å². The van der Waals surface area contributed by atoms with Gasteiger partial charge in [0.1, 0.15) is 11.9 Å². The third kappa shape index (κ3) is 2.94. The maximum Gasteiger partial charge on any atom is 0.245 e. The van der Waals surface area contributed by atoms with Crippen LogP contribution in [0.2, 0.25) is 0 Å². The van der Waals surface area contributed by atoms with Crippen LogP contribution in [0.25, 0.3) is 10.8 Å². The first-order chi connectivity index (χ1) is 10.6. The number of carbonyl (C=O) groups excluding carboxylic acids is 1. The van der Waals surface area contributed by atoms with Crippen LogP contribution in [0.1, 0.15) is 11.6 Å². The van der Waals surface area contributed by atoms with Gasteiger partial charge in [-0.3, -0.25) is 9.78 Å². The molecule has 22 heavy (non-hydrogen) atoms. The van der Waals surface area contributed by atoms with Crippen LogP contribution in [0.5, 0.6) is 0 Å². The molecule has 0 aliphatic heterocycles. The Morgan fingerprint density at radius 2 is 1.86 bits per heavy atom. The summed E-state index contributed by atoms with van der Waals surface area (Å²) in [4.78, 5) is 16.2. The summed E-state index contributed by atoms with van der Waals surface area (Å²) in [6.07, 6.45) is 3.45. The highest BCUT2D eigenvalue weighted by Gasteiger charge is 2.16. The molecule has 3 aromatic rings. The number of nitrogens with one attached hydrogen (secondary N) is 1. The summed E-state index contributed by atoms with van der Waals surface area (Å²) >= 11 is 0. The Morgan fingerprint density at radius 3 is 2.64 bits per heavy atom. The van der Waals surface area contributed by atoms with E-state index in [1.807, 2.05) is 18.2 Å². The molecular weight excluding hydrogens is 281 g/mol. The zero-order valence-corrected chi connectivity index (χ0v) is 11.7. The Hall–Kier alpha value is -2.79. The number of anilines is 1. The minimum Gasteiger partial charge on any atom is -0.324 e. The van der Waals surface area contributed by atoms with Gasteiger partial charge in [-0.1, -0.05) is 18.2 Å². The number of carbonyl (C=O) groups is 1. The average molecular weight is 295 g/mol. The van der Waals surface area contributed by atoms with Crippen molar-refractivity contribution in [3.05, 3.63) is 72.3 Å². The minimum atomic E-state index is -0.853. The van der Waals surface area contributed by atoms with Gasteiger partial charge in [0.25, 0.3) is 0 Å². The van der Waals surface area contributed by atoms with Gasteiger partial charge >= 0.3 is 0 Å². The summed E-state index contributed by atoms with van der Waals surface area (Å²) in [5.41, 5.74) is 7.12. The zero-order chi connectivity index (χ0) is 15.5. The van der Waals surface area contributed by atoms with Crippen LogP contribution in [-0.2, 0) is 4.79 Å². The Kier molecular flexibility index (Phi) is 3.80. The highest BCUT2D eigenvalue weighted by Crippen LogP contribution is 2.19. The molecule has 0 bridgehead atoms. The van der Waals surface area contributed by atoms with Crippen molar-refractivity contribution in [1.82, 2.24) is 4.98 Å². The maximum atomic E-state index is 12.9. The number of amides is 1. The second-order valence-corrected chi connectivity index (χ2v) is 4.96. The number of nitrogens with zero attached hydrogens (tertiary/aromatic N) is 1. The lowest BCUT2D eigenvalue weighted by Gasteiger charge is -2.13. The van der Waals surface area contributed by atoms with Crippen LogP contribution < -0.4 is 11.1 Å². The van der Waals surface area contributed by atoms with Gasteiger partial charge in [-0.2, -0.15) is 0 Å². The van der Waals surface area contributed by atoms with E-state index in [0.717, 1.165) is 10.8 Å². The summed E-state index contributed by atoms with van der Waals surface area (Å²) in [6.45, 7) is 0. The predicted octanol–water partition coefficient (Wildman–Crippen LogP) is 3.01. The van der Waals surface area contributed by atoms with Crippen LogP contribution in [0, 0.1) is 5.82 Å². The van der Waals surface area contributed by atoms with Crippen LogP contribution in [0.3, 0.4) is 0 Å². The lowest BCUT2D eigenvalue weighted by atomic mass is 10.1. The Labute approximate surface area is 126 Å². The number of rotatable bonds is 3. The van der Waals surface area contributed by atoms with Gasteiger partial charge in [-0.05, 0) is 41.3 Å². The number of pyridine rings is 1.